The summed E-state index contributed by atoms with van der Waals surface area (Å²) in [5.41, 5.74) is 4.42. The van der Waals surface area contributed by atoms with Gasteiger partial charge in [-0.2, -0.15) is 0 Å². The van der Waals surface area contributed by atoms with Gasteiger partial charge in [-0.05, 0) is 55.2 Å². The summed E-state index contributed by atoms with van der Waals surface area (Å²) < 4.78 is 17.3. The molecule has 2 atom stereocenters. The first-order valence-corrected chi connectivity index (χ1v) is 10.6. The molecule has 7 heteroatoms. The van der Waals surface area contributed by atoms with E-state index in [9.17, 15) is 4.79 Å². The highest BCUT2D eigenvalue weighted by atomic mass is 32.2. The lowest BCUT2D eigenvalue weighted by atomic mass is 10.1. The summed E-state index contributed by atoms with van der Waals surface area (Å²) in [6.07, 6.45) is 0. The summed E-state index contributed by atoms with van der Waals surface area (Å²) in [5.74, 6) is 1.87. The van der Waals surface area contributed by atoms with E-state index in [1.54, 1.807) is 18.9 Å². The molecule has 156 valence electrons. The van der Waals surface area contributed by atoms with Crippen LogP contribution in [0.1, 0.15) is 27.6 Å². The summed E-state index contributed by atoms with van der Waals surface area (Å²) in [7, 11) is 1.59. The summed E-state index contributed by atoms with van der Waals surface area (Å²) in [5, 5.41) is 12.2. The lowest BCUT2D eigenvalue weighted by molar-refractivity contribution is -0.138. The van der Waals surface area contributed by atoms with Crippen molar-refractivity contribution in [3.8, 4) is 17.2 Å². The van der Waals surface area contributed by atoms with Crippen molar-refractivity contribution in [3.05, 3.63) is 52.6 Å². The van der Waals surface area contributed by atoms with Crippen LogP contribution in [-0.2, 0) is 4.79 Å². The van der Waals surface area contributed by atoms with Crippen LogP contribution >= 0.6 is 11.8 Å². The number of carboxylic acids is 1. The molecule has 0 spiro atoms. The van der Waals surface area contributed by atoms with E-state index in [0.29, 0.717) is 30.5 Å². The van der Waals surface area contributed by atoms with E-state index < -0.39 is 12.0 Å². The van der Waals surface area contributed by atoms with Gasteiger partial charge in [0.05, 0.1) is 12.5 Å². The van der Waals surface area contributed by atoms with Crippen LogP contribution in [0, 0.1) is 20.8 Å². The Labute approximate surface area is 175 Å². The van der Waals surface area contributed by atoms with Crippen LogP contribution in [0.15, 0.2) is 30.3 Å². The van der Waals surface area contributed by atoms with Gasteiger partial charge in [0.25, 0.3) is 0 Å². The molecule has 2 aromatic rings. The minimum Gasteiger partial charge on any atom is -0.493 e. The number of carboxylic acid groups (broad SMARTS) is 1. The van der Waals surface area contributed by atoms with Crippen molar-refractivity contribution < 1.29 is 24.1 Å². The summed E-state index contributed by atoms with van der Waals surface area (Å²) in [4.78, 5) is 11.1. The Hall–Kier alpha value is -2.38. The van der Waals surface area contributed by atoms with Crippen molar-refractivity contribution in [3.63, 3.8) is 0 Å². The first-order chi connectivity index (χ1) is 13.9. The number of hydrogen-bond donors (Lipinski definition) is 2. The highest BCUT2D eigenvalue weighted by Gasteiger charge is 2.30. The third kappa shape index (κ3) is 4.97. The number of hydrogen-bond acceptors (Lipinski definition) is 6. The zero-order chi connectivity index (χ0) is 21.0. The lowest BCUT2D eigenvalue weighted by Crippen LogP contribution is -2.33. The van der Waals surface area contributed by atoms with Gasteiger partial charge in [0.15, 0.2) is 11.5 Å². The van der Waals surface area contributed by atoms with Gasteiger partial charge in [-0.3, -0.25) is 10.1 Å². The van der Waals surface area contributed by atoms with Gasteiger partial charge in [0.1, 0.15) is 25.0 Å². The largest absolute Gasteiger partial charge is 0.493 e. The van der Waals surface area contributed by atoms with Crippen molar-refractivity contribution >= 4 is 17.7 Å². The van der Waals surface area contributed by atoms with Crippen LogP contribution < -0.4 is 19.5 Å². The number of ether oxygens (including phenoxy) is 3. The molecule has 2 unspecified atom stereocenters. The summed E-state index contributed by atoms with van der Waals surface area (Å²) >= 11 is 1.57. The second kappa shape index (κ2) is 9.41. The molecule has 29 heavy (non-hydrogen) atoms. The molecule has 1 aliphatic rings. The first kappa shape index (κ1) is 21.3. The van der Waals surface area contributed by atoms with Crippen molar-refractivity contribution in [1.29, 1.82) is 0 Å². The minimum atomic E-state index is -0.828. The Bertz CT molecular complexity index is 886. The number of aryl methyl sites for hydroxylation is 2. The maximum absolute atomic E-state index is 11.1. The number of rotatable bonds is 8. The second-order valence-electron chi connectivity index (χ2n) is 7.03. The van der Waals surface area contributed by atoms with Crippen molar-refractivity contribution in [2.24, 2.45) is 0 Å². The predicted octanol–water partition coefficient (Wildman–Crippen LogP) is 3.87. The van der Waals surface area contributed by atoms with Crippen LogP contribution in [-0.4, -0.2) is 43.2 Å². The normalized spacial score (nSPS) is 18.5. The Balaban J connectivity index is 1.59. The van der Waals surface area contributed by atoms with Gasteiger partial charge < -0.3 is 19.3 Å². The summed E-state index contributed by atoms with van der Waals surface area (Å²) in [6, 6.07) is 9.30. The van der Waals surface area contributed by atoms with Crippen molar-refractivity contribution in [2.75, 3.05) is 26.1 Å². The summed E-state index contributed by atoms with van der Waals surface area (Å²) in [6.45, 7) is 6.98. The molecular formula is C22H27NO5S. The predicted molar refractivity (Wildman–Crippen MR) is 114 cm³/mol. The maximum atomic E-state index is 11.1. The topological polar surface area (TPSA) is 77.0 Å². The standard InChI is InChI=1S/C22H27NO5S/c1-13-5-6-14(2)20(15(13)3)28-10-9-27-18-8-7-16(11-19(18)26-4)21-23-17(12-29-21)22(24)25/h5-8,11,17,21,23H,9-10,12H2,1-4H3,(H,24,25). The van der Waals surface area contributed by atoms with E-state index in [4.69, 9.17) is 19.3 Å². The lowest BCUT2D eigenvalue weighted by Gasteiger charge is -2.17. The zero-order valence-electron chi connectivity index (χ0n) is 17.2. The molecule has 0 amide bonds. The number of nitrogens with one attached hydrogen (secondary N) is 1. The number of thioether (sulfide) groups is 1. The fourth-order valence-corrected chi connectivity index (χ4v) is 4.44. The van der Waals surface area contributed by atoms with Crippen LogP contribution in [0.25, 0.3) is 0 Å². The Morgan fingerprint density at radius 1 is 1.10 bits per heavy atom. The van der Waals surface area contributed by atoms with Gasteiger partial charge in [0.2, 0.25) is 0 Å². The number of methoxy groups -OCH3 is 1. The zero-order valence-corrected chi connectivity index (χ0v) is 18.0. The molecule has 0 radical (unpaired) electrons. The Kier molecular flexibility index (Phi) is 6.92. The monoisotopic (exact) mass is 417 g/mol. The Morgan fingerprint density at radius 3 is 2.52 bits per heavy atom. The highest BCUT2D eigenvalue weighted by Crippen LogP contribution is 2.37. The van der Waals surface area contributed by atoms with Crippen LogP contribution in [0.3, 0.4) is 0 Å². The molecule has 2 N–H and O–H groups in total. The molecule has 0 saturated carbocycles. The van der Waals surface area contributed by atoms with E-state index in [0.717, 1.165) is 22.4 Å². The molecule has 1 saturated heterocycles. The van der Waals surface area contributed by atoms with E-state index in [1.807, 2.05) is 25.1 Å². The van der Waals surface area contributed by atoms with Gasteiger partial charge in [0, 0.05) is 5.75 Å². The van der Waals surface area contributed by atoms with Gasteiger partial charge in [-0.15, -0.1) is 11.8 Å². The maximum Gasteiger partial charge on any atom is 0.321 e. The van der Waals surface area contributed by atoms with Gasteiger partial charge >= 0.3 is 5.97 Å². The van der Waals surface area contributed by atoms with Gasteiger partial charge in [-0.25, -0.2) is 0 Å². The second-order valence-corrected chi connectivity index (χ2v) is 8.17. The average molecular weight is 418 g/mol. The Morgan fingerprint density at radius 2 is 1.83 bits per heavy atom. The van der Waals surface area contributed by atoms with E-state index in [1.165, 1.54) is 5.56 Å². The third-order valence-electron chi connectivity index (χ3n) is 5.03. The fraction of sp³-hybridized carbons (Fsp3) is 0.409. The molecular weight excluding hydrogens is 390 g/mol. The molecule has 0 bridgehead atoms. The number of aliphatic carboxylic acids is 1. The van der Waals surface area contributed by atoms with Crippen LogP contribution in [0.4, 0.5) is 0 Å². The molecule has 1 aliphatic heterocycles. The minimum absolute atomic E-state index is 0.0744. The first-order valence-electron chi connectivity index (χ1n) is 9.51. The fourth-order valence-electron chi connectivity index (χ4n) is 3.22. The van der Waals surface area contributed by atoms with Gasteiger partial charge in [-0.1, -0.05) is 18.2 Å². The SMILES string of the molecule is COc1cc(C2NC(C(=O)O)CS2)ccc1OCCOc1c(C)ccc(C)c1C. The average Bonchev–Trinajstić information content (AvgIpc) is 3.21. The van der Waals surface area contributed by atoms with E-state index in [2.05, 4.69) is 31.3 Å². The quantitative estimate of drug-likeness (QED) is 0.632. The molecule has 0 aromatic heterocycles. The highest BCUT2D eigenvalue weighted by molar-refractivity contribution is 7.99. The van der Waals surface area contributed by atoms with Crippen LogP contribution in [0.5, 0.6) is 17.2 Å². The van der Waals surface area contributed by atoms with Crippen LogP contribution in [0.2, 0.25) is 0 Å². The molecule has 2 aromatic carbocycles. The number of benzene rings is 2. The third-order valence-corrected chi connectivity index (χ3v) is 6.30. The molecule has 1 heterocycles. The molecule has 1 fully saturated rings. The smallest absolute Gasteiger partial charge is 0.321 e. The molecule has 6 nitrogen and oxygen atoms in total. The van der Waals surface area contributed by atoms with E-state index in [-0.39, 0.29) is 5.37 Å². The number of carbonyl (C=O) groups is 1. The van der Waals surface area contributed by atoms with Crippen molar-refractivity contribution in [1.82, 2.24) is 5.32 Å². The molecule has 3 rings (SSSR count). The van der Waals surface area contributed by atoms with E-state index >= 15 is 0 Å². The molecule has 0 aliphatic carbocycles. The van der Waals surface area contributed by atoms with Crippen molar-refractivity contribution in [2.45, 2.75) is 32.2 Å².